The van der Waals surface area contributed by atoms with Gasteiger partial charge in [-0.05, 0) is 6.92 Å². The highest BCUT2D eigenvalue weighted by Gasteiger charge is 2.19. The first-order valence-corrected chi connectivity index (χ1v) is 6.80. The second-order valence-corrected chi connectivity index (χ2v) is 5.79. The molecular formula is C10H8N2O5S2. The highest BCUT2D eigenvalue weighted by Crippen LogP contribution is 2.25. The van der Waals surface area contributed by atoms with E-state index in [4.69, 9.17) is 10.2 Å². The van der Waals surface area contributed by atoms with Gasteiger partial charge in [0.15, 0.2) is 5.16 Å². The Morgan fingerprint density at radius 3 is 2.74 bits per heavy atom. The first kappa shape index (κ1) is 13.6. The summed E-state index contributed by atoms with van der Waals surface area (Å²) in [5.74, 6) is -2.22. The molecule has 0 aliphatic heterocycles. The summed E-state index contributed by atoms with van der Waals surface area (Å²) in [6, 6.07) is 0. The van der Waals surface area contributed by atoms with Gasteiger partial charge in [0, 0.05) is 5.38 Å². The van der Waals surface area contributed by atoms with E-state index in [0.717, 1.165) is 23.1 Å². The van der Waals surface area contributed by atoms with Gasteiger partial charge in [0.2, 0.25) is 0 Å². The average Bonchev–Trinajstić information content (AvgIpc) is 2.73. The molecular weight excluding hydrogens is 292 g/mol. The lowest BCUT2D eigenvalue weighted by molar-refractivity contribution is -0.136. The molecule has 3 N–H and O–H groups in total. The molecule has 2 rings (SSSR count). The van der Waals surface area contributed by atoms with E-state index < -0.39 is 22.7 Å². The molecule has 2 heterocycles. The first-order valence-electron chi connectivity index (χ1n) is 5.04. The van der Waals surface area contributed by atoms with Crippen LogP contribution in [0.2, 0.25) is 0 Å². The van der Waals surface area contributed by atoms with Crippen LogP contribution in [0, 0.1) is 0 Å². The molecule has 0 bridgehead atoms. The Kier molecular flexibility index (Phi) is 3.58. The van der Waals surface area contributed by atoms with Gasteiger partial charge in [-0.1, -0.05) is 11.8 Å². The van der Waals surface area contributed by atoms with Gasteiger partial charge in [-0.15, -0.1) is 11.3 Å². The summed E-state index contributed by atoms with van der Waals surface area (Å²) in [6.45, 7) is 1.47. The molecule has 7 nitrogen and oxygen atoms in total. The molecule has 0 fully saturated rings. The van der Waals surface area contributed by atoms with Crippen molar-refractivity contribution in [1.29, 1.82) is 0 Å². The quantitative estimate of drug-likeness (QED) is 0.574. The van der Waals surface area contributed by atoms with Gasteiger partial charge < -0.3 is 15.2 Å². The summed E-state index contributed by atoms with van der Waals surface area (Å²) in [7, 11) is 0. The van der Waals surface area contributed by atoms with Crippen molar-refractivity contribution in [3.05, 3.63) is 21.3 Å². The maximum atomic E-state index is 11.8. The number of aromatic nitrogens is 2. The lowest BCUT2D eigenvalue weighted by atomic mass is 10.2. The van der Waals surface area contributed by atoms with Crippen LogP contribution < -0.4 is 5.56 Å². The van der Waals surface area contributed by atoms with Crippen molar-refractivity contribution < 1.29 is 19.8 Å². The summed E-state index contributed by atoms with van der Waals surface area (Å²) < 4.78 is 0. The highest BCUT2D eigenvalue weighted by molar-refractivity contribution is 8.00. The number of carboxylic acids is 2. The van der Waals surface area contributed by atoms with Crippen LogP contribution in [0.3, 0.4) is 0 Å². The summed E-state index contributed by atoms with van der Waals surface area (Å²) in [5, 5.41) is 18.5. The number of aliphatic carboxylic acids is 1. The lowest BCUT2D eigenvalue weighted by Crippen LogP contribution is -2.15. The summed E-state index contributed by atoms with van der Waals surface area (Å²) in [6.07, 6.45) is 0. The van der Waals surface area contributed by atoms with E-state index in [1.165, 1.54) is 12.3 Å². The van der Waals surface area contributed by atoms with Gasteiger partial charge in [0.05, 0.1) is 10.9 Å². The van der Waals surface area contributed by atoms with E-state index in [1.807, 2.05) is 0 Å². The Balaban J connectivity index is 2.49. The minimum Gasteiger partial charge on any atom is -0.480 e. The molecule has 0 radical (unpaired) electrons. The molecule has 0 spiro atoms. The van der Waals surface area contributed by atoms with E-state index in [2.05, 4.69) is 9.97 Å². The number of hydrogen-bond donors (Lipinski definition) is 3. The van der Waals surface area contributed by atoms with Gasteiger partial charge in [-0.2, -0.15) is 0 Å². The molecule has 9 heteroatoms. The largest absolute Gasteiger partial charge is 0.480 e. The van der Waals surface area contributed by atoms with Gasteiger partial charge in [-0.3, -0.25) is 9.59 Å². The van der Waals surface area contributed by atoms with E-state index in [0.29, 0.717) is 0 Å². The summed E-state index contributed by atoms with van der Waals surface area (Å²) in [4.78, 5) is 40.2. The minimum absolute atomic E-state index is 0.0184. The van der Waals surface area contributed by atoms with Crippen molar-refractivity contribution in [3.8, 4) is 0 Å². The summed E-state index contributed by atoms with van der Waals surface area (Å²) in [5.41, 5.74) is -0.680. The van der Waals surface area contributed by atoms with Crippen molar-refractivity contribution in [1.82, 2.24) is 9.97 Å². The molecule has 100 valence electrons. The SMILES string of the molecule is CC(Sc1nc2scc(C(=O)O)c2c(=O)[nH]1)C(=O)O. The van der Waals surface area contributed by atoms with E-state index in [1.54, 1.807) is 0 Å². The van der Waals surface area contributed by atoms with E-state index >= 15 is 0 Å². The number of nitrogens with one attached hydrogen (secondary N) is 1. The Morgan fingerprint density at radius 2 is 2.16 bits per heavy atom. The fourth-order valence-corrected chi connectivity index (χ4v) is 3.06. The van der Waals surface area contributed by atoms with Crippen molar-refractivity contribution in [2.45, 2.75) is 17.3 Å². The molecule has 19 heavy (non-hydrogen) atoms. The highest BCUT2D eigenvalue weighted by atomic mass is 32.2. The molecule has 0 saturated carbocycles. The van der Waals surface area contributed by atoms with Crippen molar-refractivity contribution >= 4 is 45.3 Å². The number of fused-ring (bicyclic) bond motifs is 1. The van der Waals surface area contributed by atoms with Crippen molar-refractivity contribution in [2.75, 3.05) is 0 Å². The maximum Gasteiger partial charge on any atom is 0.337 e. The number of thiophene rings is 1. The molecule has 0 aliphatic carbocycles. The first-order chi connectivity index (χ1) is 8.90. The lowest BCUT2D eigenvalue weighted by Gasteiger charge is -2.04. The predicted octanol–water partition coefficient (Wildman–Crippen LogP) is 1.25. The van der Waals surface area contributed by atoms with Crippen LogP contribution in [-0.4, -0.2) is 37.4 Å². The van der Waals surface area contributed by atoms with Crippen LogP contribution in [0.25, 0.3) is 10.2 Å². The van der Waals surface area contributed by atoms with E-state index in [9.17, 15) is 14.4 Å². The molecule has 0 aromatic carbocycles. The number of hydrogen-bond acceptors (Lipinski definition) is 6. The van der Waals surface area contributed by atoms with Gasteiger partial charge >= 0.3 is 11.9 Å². The van der Waals surface area contributed by atoms with Gasteiger partial charge in [-0.25, -0.2) is 9.78 Å². The summed E-state index contributed by atoms with van der Waals surface area (Å²) >= 11 is 1.92. The van der Waals surface area contributed by atoms with Crippen LogP contribution in [0.15, 0.2) is 15.3 Å². The third-order valence-electron chi connectivity index (χ3n) is 2.29. The van der Waals surface area contributed by atoms with Crippen LogP contribution in [-0.2, 0) is 4.79 Å². The van der Waals surface area contributed by atoms with Gasteiger partial charge in [0.25, 0.3) is 5.56 Å². The number of carbonyl (C=O) groups is 2. The number of rotatable bonds is 4. The fraction of sp³-hybridized carbons (Fsp3) is 0.200. The van der Waals surface area contributed by atoms with Crippen LogP contribution >= 0.6 is 23.1 Å². The minimum atomic E-state index is -1.20. The smallest absolute Gasteiger partial charge is 0.337 e. The number of thioether (sulfide) groups is 1. The molecule has 2 aromatic heterocycles. The molecule has 1 atom stereocenters. The molecule has 1 unspecified atom stereocenters. The van der Waals surface area contributed by atoms with Crippen LogP contribution in [0.1, 0.15) is 17.3 Å². The standard InChI is InChI=1S/C10H8N2O5S2/c1-3(8(14)15)19-10-11-6(13)5-4(9(16)17)2-18-7(5)12-10/h2-3H,1H3,(H,14,15)(H,16,17)(H,11,12,13). The molecule has 0 saturated heterocycles. The number of carboxylic acid groups (broad SMARTS) is 2. The molecule has 2 aromatic rings. The van der Waals surface area contributed by atoms with Gasteiger partial charge in [0.1, 0.15) is 10.1 Å². The third-order valence-corrected chi connectivity index (χ3v) is 4.13. The van der Waals surface area contributed by atoms with Crippen LogP contribution in [0.5, 0.6) is 0 Å². The number of nitrogens with zero attached hydrogens (tertiary/aromatic N) is 1. The Labute approximate surface area is 114 Å². The zero-order chi connectivity index (χ0) is 14.2. The predicted molar refractivity (Wildman–Crippen MR) is 70.2 cm³/mol. The Morgan fingerprint density at radius 1 is 1.47 bits per heavy atom. The van der Waals surface area contributed by atoms with Crippen molar-refractivity contribution in [3.63, 3.8) is 0 Å². The number of aromatic amines is 1. The zero-order valence-electron chi connectivity index (χ0n) is 9.54. The maximum absolute atomic E-state index is 11.8. The topological polar surface area (TPSA) is 120 Å². The van der Waals surface area contributed by atoms with Crippen LogP contribution in [0.4, 0.5) is 0 Å². The molecule has 0 aliphatic rings. The Bertz CT molecular complexity index is 720. The average molecular weight is 300 g/mol. The fourth-order valence-electron chi connectivity index (χ4n) is 1.36. The number of aromatic carboxylic acids is 1. The normalized spacial score (nSPS) is 12.5. The monoisotopic (exact) mass is 300 g/mol. The molecule has 0 amide bonds. The van der Waals surface area contributed by atoms with E-state index in [-0.39, 0.29) is 20.9 Å². The third kappa shape index (κ3) is 2.61. The second kappa shape index (κ2) is 5.02. The van der Waals surface area contributed by atoms with Crippen molar-refractivity contribution in [2.24, 2.45) is 0 Å². The second-order valence-electron chi connectivity index (χ2n) is 3.60. The zero-order valence-corrected chi connectivity index (χ0v) is 11.2. The number of H-pyrrole nitrogens is 1. The Hall–Kier alpha value is -1.87.